The third-order valence-electron chi connectivity index (χ3n) is 2.65. The zero-order valence-corrected chi connectivity index (χ0v) is 12.2. The average molecular weight is 330 g/mol. The molecule has 0 bridgehead atoms. The number of rotatable bonds is 4. The maximum atomic E-state index is 12.2. The van der Waals surface area contributed by atoms with Crippen molar-refractivity contribution < 1.29 is 9.72 Å². The molecule has 0 radical (unpaired) electrons. The first-order chi connectivity index (χ1) is 9.93. The molecule has 0 fully saturated rings. The Morgan fingerprint density at radius 1 is 1.48 bits per heavy atom. The summed E-state index contributed by atoms with van der Waals surface area (Å²) >= 11 is 11.6. The normalized spacial score (nSPS) is 10.4. The van der Waals surface area contributed by atoms with E-state index in [2.05, 4.69) is 15.3 Å². The maximum absolute atomic E-state index is 12.2. The standard InChI is InChI=1S/C11H9Cl2N5O3/c1-2-17-4-6(18(20)21)3-7(17)11(19)16-10-8(12)9(13)14-5-15-10/h3-5H,2H2,1H3,(H,14,15,16,19). The van der Waals surface area contributed by atoms with Gasteiger partial charge in [-0.2, -0.15) is 0 Å². The minimum atomic E-state index is -0.582. The van der Waals surface area contributed by atoms with Crippen molar-refractivity contribution in [2.75, 3.05) is 5.32 Å². The number of aromatic nitrogens is 3. The first kappa shape index (κ1) is 15.2. The number of nitrogens with zero attached hydrogens (tertiary/aromatic N) is 4. The third-order valence-corrected chi connectivity index (χ3v) is 3.39. The molecule has 0 saturated carbocycles. The monoisotopic (exact) mass is 329 g/mol. The van der Waals surface area contributed by atoms with Crippen molar-refractivity contribution in [1.82, 2.24) is 14.5 Å². The van der Waals surface area contributed by atoms with Crippen LogP contribution in [0.1, 0.15) is 17.4 Å². The highest BCUT2D eigenvalue weighted by atomic mass is 35.5. The fourth-order valence-corrected chi connectivity index (χ4v) is 1.93. The summed E-state index contributed by atoms with van der Waals surface area (Å²) in [5.41, 5.74) is -0.0520. The summed E-state index contributed by atoms with van der Waals surface area (Å²) in [7, 11) is 0. The van der Waals surface area contributed by atoms with Crippen molar-refractivity contribution in [1.29, 1.82) is 0 Å². The molecule has 2 rings (SSSR count). The highest BCUT2D eigenvalue weighted by molar-refractivity contribution is 6.43. The van der Waals surface area contributed by atoms with Crippen LogP contribution in [0.2, 0.25) is 10.2 Å². The molecular formula is C11H9Cl2N5O3. The van der Waals surface area contributed by atoms with E-state index in [1.165, 1.54) is 16.8 Å². The van der Waals surface area contributed by atoms with E-state index in [0.717, 1.165) is 6.33 Å². The van der Waals surface area contributed by atoms with Gasteiger partial charge in [-0.05, 0) is 6.92 Å². The number of hydrogen-bond acceptors (Lipinski definition) is 5. The molecule has 0 saturated heterocycles. The number of nitrogens with one attached hydrogen (secondary N) is 1. The van der Waals surface area contributed by atoms with E-state index < -0.39 is 10.8 Å². The number of hydrogen-bond donors (Lipinski definition) is 1. The van der Waals surface area contributed by atoms with Crippen molar-refractivity contribution >= 4 is 40.6 Å². The van der Waals surface area contributed by atoms with Gasteiger partial charge in [-0.15, -0.1) is 0 Å². The van der Waals surface area contributed by atoms with Gasteiger partial charge in [0, 0.05) is 12.6 Å². The highest BCUT2D eigenvalue weighted by Crippen LogP contribution is 2.26. The molecule has 0 aromatic carbocycles. The Kier molecular flexibility index (Phi) is 4.39. The summed E-state index contributed by atoms with van der Waals surface area (Å²) in [6.07, 6.45) is 2.43. The summed E-state index contributed by atoms with van der Waals surface area (Å²) in [6.45, 7) is 2.16. The minimum absolute atomic E-state index is 0.00109. The SMILES string of the molecule is CCn1cc([N+](=O)[O-])cc1C(=O)Nc1ncnc(Cl)c1Cl. The Balaban J connectivity index is 2.32. The van der Waals surface area contributed by atoms with Gasteiger partial charge >= 0.3 is 0 Å². The molecule has 110 valence electrons. The van der Waals surface area contributed by atoms with E-state index >= 15 is 0 Å². The van der Waals surface area contributed by atoms with Gasteiger partial charge in [-0.3, -0.25) is 14.9 Å². The second-order valence-electron chi connectivity index (χ2n) is 3.91. The minimum Gasteiger partial charge on any atom is -0.337 e. The van der Waals surface area contributed by atoms with Crippen molar-refractivity contribution in [3.63, 3.8) is 0 Å². The molecule has 2 aromatic heterocycles. The van der Waals surface area contributed by atoms with Crippen molar-refractivity contribution in [2.45, 2.75) is 13.5 Å². The summed E-state index contributed by atoms with van der Waals surface area (Å²) in [5, 5.41) is 13.2. The molecule has 0 unspecified atom stereocenters. The lowest BCUT2D eigenvalue weighted by Gasteiger charge is -2.08. The van der Waals surface area contributed by atoms with E-state index in [1.807, 2.05) is 0 Å². The van der Waals surface area contributed by atoms with Crippen LogP contribution in [0.25, 0.3) is 0 Å². The molecule has 0 aliphatic carbocycles. The Hall–Kier alpha value is -2.19. The Labute approximate surface area is 128 Å². The number of amides is 1. The zero-order valence-electron chi connectivity index (χ0n) is 10.7. The van der Waals surface area contributed by atoms with Crippen LogP contribution < -0.4 is 5.32 Å². The van der Waals surface area contributed by atoms with Gasteiger partial charge in [0.1, 0.15) is 17.0 Å². The van der Waals surface area contributed by atoms with E-state index in [1.54, 1.807) is 6.92 Å². The lowest BCUT2D eigenvalue weighted by molar-refractivity contribution is -0.384. The molecule has 1 amide bonds. The Bertz CT molecular complexity index is 716. The van der Waals surface area contributed by atoms with Crippen LogP contribution in [0.3, 0.4) is 0 Å². The Morgan fingerprint density at radius 3 is 2.81 bits per heavy atom. The van der Waals surface area contributed by atoms with E-state index in [0.29, 0.717) is 6.54 Å². The number of halogens is 2. The van der Waals surface area contributed by atoms with E-state index in [-0.39, 0.29) is 27.4 Å². The lowest BCUT2D eigenvalue weighted by Crippen LogP contribution is -2.17. The molecular weight excluding hydrogens is 321 g/mol. The van der Waals surface area contributed by atoms with Crippen LogP contribution in [0.15, 0.2) is 18.6 Å². The summed E-state index contributed by atoms with van der Waals surface area (Å²) in [6, 6.07) is 1.18. The number of nitro groups is 1. The fraction of sp³-hybridized carbons (Fsp3) is 0.182. The third kappa shape index (κ3) is 3.11. The predicted octanol–water partition coefficient (Wildman–Crippen LogP) is 2.77. The van der Waals surface area contributed by atoms with Gasteiger partial charge in [0.2, 0.25) is 0 Å². The van der Waals surface area contributed by atoms with Gasteiger partial charge in [0.15, 0.2) is 11.0 Å². The molecule has 2 aromatic rings. The second-order valence-corrected chi connectivity index (χ2v) is 4.64. The zero-order chi connectivity index (χ0) is 15.6. The average Bonchev–Trinajstić information content (AvgIpc) is 2.88. The van der Waals surface area contributed by atoms with Crippen LogP contribution in [0, 0.1) is 10.1 Å². The first-order valence-electron chi connectivity index (χ1n) is 5.76. The smallest absolute Gasteiger partial charge is 0.287 e. The van der Waals surface area contributed by atoms with Crippen LogP contribution in [0.4, 0.5) is 11.5 Å². The van der Waals surface area contributed by atoms with Crippen LogP contribution in [-0.2, 0) is 6.54 Å². The van der Waals surface area contributed by atoms with Gasteiger partial charge in [0.25, 0.3) is 11.6 Å². The molecule has 2 heterocycles. The summed E-state index contributed by atoms with van der Waals surface area (Å²) < 4.78 is 1.45. The van der Waals surface area contributed by atoms with Crippen molar-refractivity contribution in [3.8, 4) is 0 Å². The summed E-state index contributed by atoms with van der Waals surface area (Å²) in [5.74, 6) is -0.546. The maximum Gasteiger partial charge on any atom is 0.287 e. The van der Waals surface area contributed by atoms with Crippen LogP contribution in [-0.4, -0.2) is 25.4 Å². The summed E-state index contributed by atoms with van der Waals surface area (Å²) in [4.78, 5) is 29.8. The van der Waals surface area contributed by atoms with Gasteiger partial charge in [-0.1, -0.05) is 23.2 Å². The molecule has 0 atom stereocenters. The van der Waals surface area contributed by atoms with Crippen molar-refractivity contribution in [2.24, 2.45) is 0 Å². The molecule has 1 N–H and O–H groups in total. The number of aryl methyl sites for hydroxylation is 1. The topological polar surface area (TPSA) is 103 Å². The van der Waals surface area contributed by atoms with Crippen LogP contribution >= 0.6 is 23.2 Å². The van der Waals surface area contributed by atoms with Gasteiger partial charge in [0.05, 0.1) is 11.1 Å². The van der Waals surface area contributed by atoms with Gasteiger partial charge in [-0.25, -0.2) is 9.97 Å². The number of anilines is 1. The predicted molar refractivity (Wildman–Crippen MR) is 76.8 cm³/mol. The molecule has 10 heteroatoms. The molecule has 0 aliphatic rings. The fourth-order valence-electron chi connectivity index (χ4n) is 1.65. The lowest BCUT2D eigenvalue weighted by atomic mass is 10.3. The van der Waals surface area contributed by atoms with E-state index in [9.17, 15) is 14.9 Å². The van der Waals surface area contributed by atoms with E-state index in [4.69, 9.17) is 23.2 Å². The van der Waals surface area contributed by atoms with Crippen LogP contribution in [0.5, 0.6) is 0 Å². The largest absolute Gasteiger partial charge is 0.337 e. The molecule has 21 heavy (non-hydrogen) atoms. The molecule has 0 spiro atoms. The Morgan fingerprint density at radius 2 is 2.19 bits per heavy atom. The second kappa shape index (κ2) is 6.06. The first-order valence-corrected chi connectivity index (χ1v) is 6.51. The molecule has 8 nitrogen and oxygen atoms in total. The van der Waals surface area contributed by atoms with Gasteiger partial charge < -0.3 is 9.88 Å². The molecule has 0 aliphatic heterocycles. The number of carbonyl (C=O) groups is 1. The van der Waals surface area contributed by atoms with Crippen molar-refractivity contribution in [3.05, 3.63) is 44.6 Å². The number of carbonyl (C=O) groups excluding carboxylic acids is 1. The quantitative estimate of drug-likeness (QED) is 0.527. The highest BCUT2D eigenvalue weighted by Gasteiger charge is 2.20.